The van der Waals surface area contributed by atoms with Crippen molar-refractivity contribution in [1.29, 1.82) is 0 Å². The van der Waals surface area contributed by atoms with Crippen molar-refractivity contribution in [2.45, 2.75) is 44.9 Å². The van der Waals surface area contributed by atoms with E-state index in [4.69, 9.17) is 10.7 Å². The molecule has 0 saturated heterocycles. The fourth-order valence-corrected chi connectivity index (χ4v) is 3.03. The number of nitrogen functional groups attached to an aromatic ring is 1. The molecule has 2 N–H and O–H groups in total. The molecule has 3 nitrogen and oxygen atoms in total. The number of pyridine rings is 1. The number of fused-ring (bicyclic) bond motifs is 1. The van der Waals surface area contributed by atoms with Crippen LogP contribution >= 0.6 is 0 Å². The van der Waals surface area contributed by atoms with E-state index in [1.807, 2.05) is 12.1 Å². The molecule has 0 atom stereocenters. The van der Waals surface area contributed by atoms with Crippen LogP contribution in [-0.4, -0.2) is 9.38 Å². The predicted molar refractivity (Wildman–Crippen MR) is 70.2 cm³/mol. The van der Waals surface area contributed by atoms with Crippen LogP contribution in [0.4, 0.5) is 5.69 Å². The number of hydrogen-bond donors (Lipinski definition) is 1. The van der Waals surface area contributed by atoms with Crippen molar-refractivity contribution in [3.63, 3.8) is 0 Å². The monoisotopic (exact) mass is 229 g/mol. The Morgan fingerprint density at radius 3 is 2.82 bits per heavy atom. The van der Waals surface area contributed by atoms with Gasteiger partial charge in [0.05, 0.1) is 16.9 Å². The minimum absolute atomic E-state index is 0.617. The second-order valence-electron chi connectivity index (χ2n) is 5.07. The lowest BCUT2D eigenvalue weighted by molar-refractivity contribution is 0.427. The standard InChI is InChI=1S/C14H19N3/c1-10-13-12(15)8-5-9-17(13)14(16-10)11-6-3-2-4-7-11/h5,8-9,11H,2-4,6-7,15H2,1H3. The van der Waals surface area contributed by atoms with Crippen LogP contribution < -0.4 is 5.73 Å². The summed E-state index contributed by atoms with van der Waals surface area (Å²) in [5, 5.41) is 0. The Labute approximate surface area is 102 Å². The average Bonchev–Trinajstić information content (AvgIpc) is 2.69. The number of imidazole rings is 1. The number of nitrogens with zero attached hydrogens (tertiary/aromatic N) is 2. The van der Waals surface area contributed by atoms with Gasteiger partial charge in [-0.3, -0.25) is 0 Å². The Morgan fingerprint density at radius 2 is 2.06 bits per heavy atom. The van der Waals surface area contributed by atoms with E-state index in [2.05, 4.69) is 17.5 Å². The number of aromatic nitrogens is 2. The zero-order valence-corrected chi connectivity index (χ0v) is 10.3. The number of rotatable bonds is 1. The smallest absolute Gasteiger partial charge is 0.116 e. The average molecular weight is 229 g/mol. The highest BCUT2D eigenvalue weighted by Gasteiger charge is 2.21. The van der Waals surface area contributed by atoms with Gasteiger partial charge in [-0.2, -0.15) is 0 Å². The van der Waals surface area contributed by atoms with Crippen molar-refractivity contribution in [3.05, 3.63) is 29.8 Å². The van der Waals surface area contributed by atoms with Crippen LogP contribution in [0.1, 0.15) is 49.5 Å². The molecule has 90 valence electrons. The second-order valence-corrected chi connectivity index (χ2v) is 5.07. The molecule has 0 aromatic carbocycles. The summed E-state index contributed by atoms with van der Waals surface area (Å²) in [6.07, 6.45) is 8.68. The summed E-state index contributed by atoms with van der Waals surface area (Å²) < 4.78 is 2.20. The molecule has 17 heavy (non-hydrogen) atoms. The molecule has 2 aromatic heterocycles. The normalized spacial score (nSPS) is 17.7. The highest BCUT2D eigenvalue weighted by molar-refractivity contribution is 5.72. The van der Waals surface area contributed by atoms with Gasteiger partial charge in [0, 0.05) is 12.1 Å². The molecule has 2 aromatic rings. The highest BCUT2D eigenvalue weighted by atomic mass is 15.0. The number of nitrogens with two attached hydrogens (primary N) is 1. The molecular formula is C14H19N3. The first kappa shape index (κ1) is 10.6. The first-order valence-corrected chi connectivity index (χ1v) is 6.50. The highest BCUT2D eigenvalue weighted by Crippen LogP contribution is 2.33. The second kappa shape index (κ2) is 4.06. The summed E-state index contributed by atoms with van der Waals surface area (Å²) in [4.78, 5) is 4.76. The lowest BCUT2D eigenvalue weighted by Gasteiger charge is -2.20. The zero-order valence-electron chi connectivity index (χ0n) is 10.3. The van der Waals surface area contributed by atoms with Crippen LogP contribution in [0, 0.1) is 6.92 Å². The van der Waals surface area contributed by atoms with E-state index < -0.39 is 0 Å². The van der Waals surface area contributed by atoms with Crippen molar-refractivity contribution in [2.75, 3.05) is 5.73 Å². The van der Waals surface area contributed by atoms with Crippen LogP contribution in [0.15, 0.2) is 18.3 Å². The topological polar surface area (TPSA) is 43.3 Å². The fourth-order valence-electron chi connectivity index (χ4n) is 3.03. The van der Waals surface area contributed by atoms with Crippen LogP contribution in [0.25, 0.3) is 5.52 Å². The summed E-state index contributed by atoms with van der Waals surface area (Å²) in [5.41, 5.74) is 9.02. The molecule has 0 spiro atoms. The minimum Gasteiger partial charge on any atom is -0.397 e. The van der Waals surface area contributed by atoms with E-state index in [9.17, 15) is 0 Å². The van der Waals surface area contributed by atoms with Crippen molar-refractivity contribution >= 4 is 11.2 Å². The third kappa shape index (κ3) is 1.70. The van der Waals surface area contributed by atoms with Gasteiger partial charge in [-0.25, -0.2) is 4.98 Å². The maximum Gasteiger partial charge on any atom is 0.116 e. The predicted octanol–water partition coefficient (Wildman–Crippen LogP) is 3.27. The third-order valence-corrected chi connectivity index (χ3v) is 3.87. The van der Waals surface area contributed by atoms with Crippen LogP contribution in [-0.2, 0) is 0 Å². The van der Waals surface area contributed by atoms with E-state index >= 15 is 0 Å². The van der Waals surface area contributed by atoms with Crippen molar-refractivity contribution < 1.29 is 0 Å². The SMILES string of the molecule is Cc1nc(C2CCCCC2)n2cccc(N)c12. The van der Waals surface area contributed by atoms with Crippen LogP contribution in [0.3, 0.4) is 0 Å². The maximum atomic E-state index is 6.04. The third-order valence-electron chi connectivity index (χ3n) is 3.87. The molecule has 1 saturated carbocycles. The Bertz CT molecular complexity index is 536. The molecule has 0 aliphatic heterocycles. The lowest BCUT2D eigenvalue weighted by Crippen LogP contribution is -2.08. The van der Waals surface area contributed by atoms with E-state index in [0.717, 1.165) is 16.9 Å². The zero-order chi connectivity index (χ0) is 11.8. The summed E-state index contributed by atoms with van der Waals surface area (Å²) in [6.45, 7) is 2.05. The largest absolute Gasteiger partial charge is 0.397 e. The molecule has 0 amide bonds. The lowest BCUT2D eigenvalue weighted by atomic mass is 9.89. The molecule has 0 unspecified atom stereocenters. The molecule has 1 aliphatic rings. The van der Waals surface area contributed by atoms with Gasteiger partial charge in [0.2, 0.25) is 0 Å². The molecular weight excluding hydrogens is 210 g/mol. The number of hydrogen-bond acceptors (Lipinski definition) is 2. The molecule has 2 heterocycles. The number of aryl methyl sites for hydroxylation is 1. The van der Waals surface area contributed by atoms with Gasteiger partial charge in [-0.1, -0.05) is 19.3 Å². The maximum absolute atomic E-state index is 6.04. The first-order valence-electron chi connectivity index (χ1n) is 6.50. The van der Waals surface area contributed by atoms with Crippen molar-refractivity contribution in [1.82, 2.24) is 9.38 Å². The first-order chi connectivity index (χ1) is 8.27. The van der Waals surface area contributed by atoms with Gasteiger partial charge >= 0.3 is 0 Å². The summed E-state index contributed by atoms with van der Waals surface area (Å²) in [7, 11) is 0. The molecule has 3 rings (SSSR count). The van der Waals surface area contributed by atoms with Crippen molar-refractivity contribution in [2.24, 2.45) is 0 Å². The Balaban J connectivity index is 2.13. The number of anilines is 1. The van der Waals surface area contributed by atoms with Crippen LogP contribution in [0.2, 0.25) is 0 Å². The Morgan fingerprint density at radius 1 is 1.29 bits per heavy atom. The van der Waals surface area contributed by atoms with Gasteiger partial charge in [-0.05, 0) is 31.9 Å². The van der Waals surface area contributed by atoms with E-state index in [1.54, 1.807) is 0 Å². The van der Waals surface area contributed by atoms with Gasteiger partial charge in [0.25, 0.3) is 0 Å². The minimum atomic E-state index is 0.617. The quantitative estimate of drug-likeness (QED) is 0.815. The molecule has 1 fully saturated rings. The van der Waals surface area contributed by atoms with E-state index in [1.165, 1.54) is 37.9 Å². The van der Waals surface area contributed by atoms with Gasteiger partial charge in [0.1, 0.15) is 5.82 Å². The molecule has 0 radical (unpaired) electrons. The molecule has 1 aliphatic carbocycles. The van der Waals surface area contributed by atoms with Crippen molar-refractivity contribution in [3.8, 4) is 0 Å². The summed E-state index contributed by atoms with van der Waals surface area (Å²) in [6, 6.07) is 3.96. The van der Waals surface area contributed by atoms with E-state index in [0.29, 0.717) is 5.92 Å². The van der Waals surface area contributed by atoms with Gasteiger partial charge in [-0.15, -0.1) is 0 Å². The summed E-state index contributed by atoms with van der Waals surface area (Å²) >= 11 is 0. The Hall–Kier alpha value is -1.51. The molecule has 0 bridgehead atoms. The van der Waals surface area contributed by atoms with Crippen LogP contribution in [0.5, 0.6) is 0 Å². The fraction of sp³-hybridized carbons (Fsp3) is 0.500. The van der Waals surface area contributed by atoms with E-state index in [-0.39, 0.29) is 0 Å². The van der Waals surface area contributed by atoms with Gasteiger partial charge < -0.3 is 10.1 Å². The van der Waals surface area contributed by atoms with Gasteiger partial charge in [0.15, 0.2) is 0 Å². The Kier molecular flexibility index (Phi) is 2.54. The summed E-state index contributed by atoms with van der Waals surface area (Å²) in [5.74, 6) is 1.83. The molecule has 3 heteroatoms.